The number of aliphatic hydroxyl groups is 1. The van der Waals surface area contributed by atoms with Gasteiger partial charge in [-0.1, -0.05) is 25.5 Å². The van der Waals surface area contributed by atoms with Gasteiger partial charge in [0.1, 0.15) is 5.75 Å². The molecule has 0 bridgehead atoms. The Morgan fingerprint density at radius 1 is 1.09 bits per heavy atom. The molecule has 1 heterocycles. The quantitative estimate of drug-likeness (QED) is 0.822. The van der Waals surface area contributed by atoms with Gasteiger partial charge in [-0.2, -0.15) is 0 Å². The third-order valence-corrected chi connectivity index (χ3v) is 4.58. The highest BCUT2D eigenvalue weighted by atomic mass is 35.5. The molecule has 2 rings (SSSR count). The highest BCUT2D eigenvalue weighted by Crippen LogP contribution is 2.30. The molecule has 1 saturated heterocycles. The fourth-order valence-electron chi connectivity index (χ4n) is 3.08. The number of hydrogen-bond acceptors (Lipinski definition) is 3. The maximum absolute atomic E-state index is 11.0. The third-order valence-electron chi connectivity index (χ3n) is 4.58. The molecular weight excluding hydrogens is 298 g/mol. The second kappa shape index (κ2) is 9.39. The van der Waals surface area contributed by atoms with Gasteiger partial charge in [-0.05, 0) is 63.4 Å². The molecule has 0 amide bonds. The van der Waals surface area contributed by atoms with Gasteiger partial charge in [0, 0.05) is 6.54 Å². The molecule has 0 aromatic heterocycles. The van der Waals surface area contributed by atoms with Gasteiger partial charge in [-0.3, -0.25) is 0 Å². The standard InChI is InChI=1S/C18H29NO2.ClH/c1-3-18(20,12-15-19-13-6-5-7-14-19)16-8-10-17(11-9-16)21-4-2;/h8-11,20H,3-7,12-15H2,1-2H3;1H. The van der Waals surface area contributed by atoms with Crippen molar-refractivity contribution in [3.05, 3.63) is 29.8 Å². The number of nitrogens with zero attached hydrogens (tertiary/aromatic N) is 1. The van der Waals surface area contributed by atoms with Crippen molar-refractivity contribution in [2.24, 2.45) is 0 Å². The van der Waals surface area contributed by atoms with Crippen molar-refractivity contribution < 1.29 is 9.84 Å². The number of halogens is 1. The first-order chi connectivity index (χ1) is 10.2. The molecule has 22 heavy (non-hydrogen) atoms. The molecule has 1 aliphatic rings. The summed E-state index contributed by atoms with van der Waals surface area (Å²) in [5.41, 5.74) is 0.285. The average Bonchev–Trinajstić information content (AvgIpc) is 2.54. The van der Waals surface area contributed by atoms with Crippen molar-refractivity contribution in [3.63, 3.8) is 0 Å². The van der Waals surface area contributed by atoms with Crippen molar-refractivity contribution in [1.29, 1.82) is 0 Å². The van der Waals surface area contributed by atoms with Crippen LogP contribution in [0.25, 0.3) is 0 Å². The minimum atomic E-state index is -0.720. The van der Waals surface area contributed by atoms with Crippen LogP contribution in [0.15, 0.2) is 24.3 Å². The van der Waals surface area contributed by atoms with Gasteiger partial charge in [-0.15, -0.1) is 12.4 Å². The molecule has 0 saturated carbocycles. The van der Waals surface area contributed by atoms with Crippen molar-refractivity contribution >= 4 is 12.4 Å². The summed E-state index contributed by atoms with van der Waals surface area (Å²) in [5, 5.41) is 11.0. The maximum Gasteiger partial charge on any atom is 0.119 e. The van der Waals surface area contributed by atoms with E-state index in [0.717, 1.165) is 30.7 Å². The molecule has 1 aromatic carbocycles. The van der Waals surface area contributed by atoms with Crippen LogP contribution in [0.4, 0.5) is 0 Å². The minimum absolute atomic E-state index is 0. The van der Waals surface area contributed by atoms with Crippen LogP contribution >= 0.6 is 12.4 Å². The Kier molecular flexibility index (Phi) is 8.23. The predicted molar refractivity (Wildman–Crippen MR) is 94.0 cm³/mol. The summed E-state index contributed by atoms with van der Waals surface area (Å²) < 4.78 is 5.47. The smallest absolute Gasteiger partial charge is 0.119 e. The fraction of sp³-hybridized carbons (Fsp3) is 0.667. The van der Waals surface area contributed by atoms with Crippen LogP contribution in [-0.2, 0) is 5.60 Å². The molecule has 0 aliphatic carbocycles. The molecule has 1 fully saturated rings. The third kappa shape index (κ3) is 5.15. The lowest BCUT2D eigenvalue weighted by atomic mass is 9.87. The van der Waals surface area contributed by atoms with E-state index in [1.165, 1.54) is 32.4 Å². The van der Waals surface area contributed by atoms with E-state index in [1.807, 2.05) is 31.2 Å². The van der Waals surface area contributed by atoms with Crippen LogP contribution in [-0.4, -0.2) is 36.2 Å². The summed E-state index contributed by atoms with van der Waals surface area (Å²) >= 11 is 0. The molecule has 3 nitrogen and oxygen atoms in total. The molecule has 4 heteroatoms. The van der Waals surface area contributed by atoms with E-state index in [9.17, 15) is 5.11 Å². The van der Waals surface area contributed by atoms with Crippen LogP contribution in [0, 0.1) is 0 Å². The first-order valence-corrected chi connectivity index (χ1v) is 8.36. The summed E-state index contributed by atoms with van der Waals surface area (Å²) in [6, 6.07) is 7.93. The first kappa shape index (κ1) is 19.3. The molecule has 1 atom stereocenters. The van der Waals surface area contributed by atoms with E-state index in [1.54, 1.807) is 0 Å². The van der Waals surface area contributed by atoms with Crippen molar-refractivity contribution in [2.45, 2.75) is 51.6 Å². The number of rotatable bonds is 7. The Balaban J connectivity index is 0.00000242. The Labute approximate surface area is 141 Å². The summed E-state index contributed by atoms with van der Waals surface area (Å²) in [7, 11) is 0. The van der Waals surface area contributed by atoms with Crippen LogP contribution in [0.5, 0.6) is 5.75 Å². The molecule has 1 unspecified atom stereocenters. The van der Waals surface area contributed by atoms with Gasteiger partial charge in [-0.25, -0.2) is 0 Å². The Bertz CT molecular complexity index is 418. The lowest BCUT2D eigenvalue weighted by molar-refractivity contribution is 0.0115. The molecule has 1 aliphatic heterocycles. The van der Waals surface area contributed by atoms with Gasteiger partial charge < -0.3 is 14.7 Å². The van der Waals surface area contributed by atoms with Crippen molar-refractivity contribution in [3.8, 4) is 5.75 Å². The number of piperidine rings is 1. The number of ether oxygens (including phenoxy) is 1. The lowest BCUT2D eigenvalue weighted by Gasteiger charge is -2.32. The zero-order chi connectivity index (χ0) is 15.1. The molecular formula is C18H30ClNO2. The van der Waals surface area contributed by atoms with E-state index >= 15 is 0 Å². The van der Waals surface area contributed by atoms with Crippen molar-refractivity contribution in [2.75, 3.05) is 26.2 Å². The maximum atomic E-state index is 11.0. The zero-order valence-electron chi connectivity index (χ0n) is 13.9. The van der Waals surface area contributed by atoms with E-state index < -0.39 is 5.60 Å². The van der Waals surface area contributed by atoms with Gasteiger partial charge in [0.2, 0.25) is 0 Å². The summed E-state index contributed by atoms with van der Waals surface area (Å²) in [4.78, 5) is 2.48. The number of likely N-dealkylation sites (tertiary alicyclic amines) is 1. The first-order valence-electron chi connectivity index (χ1n) is 8.36. The molecule has 1 N–H and O–H groups in total. The highest BCUT2D eigenvalue weighted by molar-refractivity contribution is 5.85. The highest BCUT2D eigenvalue weighted by Gasteiger charge is 2.28. The largest absolute Gasteiger partial charge is 0.494 e. The summed E-state index contributed by atoms with van der Waals surface area (Å²) in [6.45, 7) is 8.07. The number of hydrogen-bond donors (Lipinski definition) is 1. The minimum Gasteiger partial charge on any atom is -0.494 e. The molecule has 1 aromatic rings. The van der Waals surface area contributed by atoms with Gasteiger partial charge in [0.25, 0.3) is 0 Å². The second-order valence-electron chi connectivity index (χ2n) is 5.99. The van der Waals surface area contributed by atoms with Gasteiger partial charge in [0.05, 0.1) is 12.2 Å². The predicted octanol–water partition coefficient (Wildman–Crippen LogP) is 3.98. The van der Waals surface area contributed by atoms with Crippen LogP contribution in [0.2, 0.25) is 0 Å². The van der Waals surface area contributed by atoms with Gasteiger partial charge in [0.15, 0.2) is 0 Å². The number of benzene rings is 1. The second-order valence-corrected chi connectivity index (χ2v) is 5.99. The Hall–Kier alpha value is -0.770. The Morgan fingerprint density at radius 3 is 2.27 bits per heavy atom. The Morgan fingerprint density at radius 2 is 1.73 bits per heavy atom. The SMILES string of the molecule is CCOc1ccc(C(O)(CC)CCN2CCCCC2)cc1.Cl. The monoisotopic (exact) mass is 327 g/mol. The topological polar surface area (TPSA) is 32.7 Å². The van der Waals surface area contributed by atoms with E-state index in [-0.39, 0.29) is 12.4 Å². The van der Waals surface area contributed by atoms with Crippen LogP contribution < -0.4 is 4.74 Å². The zero-order valence-corrected chi connectivity index (χ0v) is 14.7. The average molecular weight is 328 g/mol. The molecule has 126 valence electrons. The normalized spacial score (nSPS) is 18.3. The summed E-state index contributed by atoms with van der Waals surface area (Å²) in [5.74, 6) is 0.871. The van der Waals surface area contributed by atoms with Crippen LogP contribution in [0.1, 0.15) is 51.5 Å². The molecule has 0 radical (unpaired) electrons. The summed E-state index contributed by atoms with van der Waals surface area (Å²) in [6.07, 6.45) is 5.50. The van der Waals surface area contributed by atoms with E-state index in [2.05, 4.69) is 11.8 Å². The van der Waals surface area contributed by atoms with E-state index in [4.69, 9.17) is 4.74 Å². The lowest BCUT2D eigenvalue weighted by Crippen LogP contribution is -2.36. The molecule has 0 spiro atoms. The van der Waals surface area contributed by atoms with Gasteiger partial charge >= 0.3 is 0 Å². The van der Waals surface area contributed by atoms with Crippen molar-refractivity contribution in [1.82, 2.24) is 4.90 Å². The van der Waals surface area contributed by atoms with E-state index in [0.29, 0.717) is 6.61 Å². The van der Waals surface area contributed by atoms with Crippen LogP contribution in [0.3, 0.4) is 0 Å². The fourth-order valence-corrected chi connectivity index (χ4v) is 3.08.